The van der Waals surface area contributed by atoms with Crippen molar-refractivity contribution < 1.29 is 4.79 Å². The van der Waals surface area contributed by atoms with Gasteiger partial charge in [0.15, 0.2) is 0 Å². The number of amides is 1. The van der Waals surface area contributed by atoms with E-state index in [2.05, 4.69) is 36.7 Å². The van der Waals surface area contributed by atoms with Crippen LogP contribution in [0.5, 0.6) is 0 Å². The van der Waals surface area contributed by atoms with Gasteiger partial charge >= 0.3 is 0 Å². The van der Waals surface area contributed by atoms with Gasteiger partial charge in [0.1, 0.15) is 11.0 Å². The smallest absolute Gasteiger partial charge is 0.222 e. The van der Waals surface area contributed by atoms with E-state index in [4.69, 9.17) is 5.73 Å². The molecule has 2 atom stereocenters. The highest BCUT2D eigenvalue weighted by molar-refractivity contribution is 7.00. The average Bonchev–Trinajstić information content (AvgIpc) is 3.09. The molecule has 2 aliphatic heterocycles. The number of carbonyl (C=O) groups excluding carboxylic acids is 1. The molecule has 1 aromatic heterocycles. The molecule has 25 heavy (non-hydrogen) atoms. The number of fused-ring (bicyclic) bond motifs is 2. The molecule has 0 saturated carbocycles. The minimum absolute atomic E-state index is 0.324. The maximum Gasteiger partial charge on any atom is 0.222 e. The van der Waals surface area contributed by atoms with Crippen LogP contribution < -0.4 is 5.73 Å². The molecule has 2 saturated heterocycles. The second-order valence-corrected chi connectivity index (χ2v) is 7.73. The van der Waals surface area contributed by atoms with Gasteiger partial charge in [-0.15, -0.1) is 0 Å². The molecule has 1 aromatic carbocycles. The van der Waals surface area contributed by atoms with Crippen LogP contribution in [0.1, 0.15) is 31.2 Å². The molecule has 0 bridgehead atoms. The molecule has 0 aliphatic carbocycles. The molecular weight excluding hydrogens is 334 g/mol. The highest BCUT2D eigenvalue weighted by Gasteiger charge is 2.38. The summed E-state index contributed by atoms with van der Waals surface area (Å²) in [5, 5.41) is 0. The number of nitrogens with zero attached hydrogens (tertiary/aromatic N) is 4. The molecule has 2 aromatic rings. The van der Waals surface area contributed by atoms with Gasteiger partial charge in [-0.3, -0.25) is 9.69 Å². The molecule has 2 N–H and O–H groups in total. The topological polar surface area (TPSA) is 75.3 Å². The van der Waals surface area contributed by atoms with E-state index in [1.54, 1.807) is 0 Å². The van der Waals surface area contributed by atoms with Gasteiger partial charge in [-0.1, -0.05) is 6.07 Å². The van der Waals surface area contributed by atoms with Crippen molar-refractivity contribution in [3.05, 3.63) is 23.8 Å². The summed E-state index contributed by atoms with van der Waals surface area (Å²) in [6, 6.07) is 6.79. The summed E-state index contributed by atoms with van der Waals surface area (Å²) >= 11 is 1.27. The van der Waals surface area contributed by atoms with Gasteiger partial charge in [-0.05, 0) is 49.4 Å². The predicted molar refractivity (Wildman–Crippen MR) is 99.2 cm³/mol. The molecule has 3 heterocycles. The normalized spacial score (nSPS) is 24.7. The third kappa shape index (κ3) is 3.54. The molecule has 134 valence electrons. The van der Waals surface area contributed by atoms with Crippen LogP contribution in [-0.4, -0.2) is 56.7 Å². The summed E-state index contributed by atoms with van der Waals surface area (Å²) in [6.07, 6.45) is 3.69. The summed E-state index contributed by atoms with van der Waals surface area (Å²) in [4.78, 5) is 16.9. The summed E-state index contributed by atoms with van der Waals surface area (Å²) in [6.45, 7) is 4.55. The predicted octanol–water partition coefficient (Wildman–Crippen LogP) is 1.85. The van der Waals surface area contributed by atoms with Crippen molar-refractivity contribution >= 4 is 28.7 Å². The monoisotopic (exact) mass is 359 g/mol. The van der Waals surface area contributed by atoms with Crippen molar-refractivity contribution in [1.29, 1.82) is 0 Å². The first-order valence-corrected chi connectivity index (χ1v) is 9.90. The molecule has 2 fully saturated rings. The van der Waals surface area contributed by atoms with E-state index in [0.29, 0.717) is 30.8 Å². The van der Waals surface area contributed by atoms with Gasteiger partial charge in [0.25, 0.3) is 0 Å². The Balaban J connectivity index is 1.41. The largest absolute Gasteiger partial charge is 0.339 e. The molecular formula is C18H25N5OS. The van der Waals surface area contributed by atoms with Crippen LogP contribution in [0.3, 0.4) is 0 Å². The van der Waals surface area contributed by atoms with Crippen molar-refractivity contribution in [2.45, 2.75) is 38.3 Å². The number of carbonyl (C=O) groups is 1. The highest BCUT2D eigenvalue weighted by atomic mass is 32.1. The number of piperidine rings is 2. The zero-order chi connectivity index (χ0) is 17.2. The number of benzene rings is 1. The second-order valence-electron chi connectivity index (χ2n) is 7.21. The van der Waals surface area contributed by atoms with Gasteiger partial charge < -0.3 is 10.6 Å². The van der Waals surface area contributed by atoms with Crippen LogP contribution in [0.15, 0.2) is 18.2 Å². The first-order chi connectivity index (χ1) is 12.2. The molecule has 2 aliphatic rings. The third-order valence-corrected chi connectivity index (χ3v) is 6.11. The van der Waals surface area contributed by atoms with Crippen molar-refractivity contribution in [1.82, 2.24) is 18.5 Å². The summed E-state index contributed by atoms with van der Waals surface area (Å²) < 4.78 is 8.61. The fraction of sp³-hybridized carbons (Fsp3) is 0.611. The van der Waals surface area contributed by atoms with Crippen LogP contribution in [0.4, 0.5) is 0 Å². The van der Waals surface area contributed by atoms with Gasteiger partial charge in [0, 0.05) is 38.6 Å². The summed E-state index contributed by atoms with van der Waals surface area (Å²) in [5.74, 6) is 0.915. The zero-order valence-corrected chi connectivity index (χ0v) is 15.2. The molecule has 4 rings (SSSR count). The maximum absolute atomic E-state index is 12.3. The van der Waals surface area contributed by atoms with Crippen LogP contribution in [0.25, 0.3) is 11.0 Å². The fourth-order valence-corrected chi connectivity index (χ4v) is 4.82. The summed E-state index contributed by atoms with van der Waals surface area (Å²) in [7, 11) is 0. The Hall–Kier alpha value is -1.57. The Kier molecular flexibility index (Phi) is 4.96. The number of hydrogen-bond acceptors (Lipinski definition) is 6. The van der Waals surface area contributed by atoms with E-state index in [-0.39, 0.29) is 0 Å². The lowest BCUT2D eigenvalue weighted by atomic mass is 9.83. The maximum atomic E-state index is 12.3. The molecule has 6 nitrogen and oxygen atoms in total. The van der Waals surface area contributed by atoms with E-state index >= 15 is 0 Å². The molecule has 1 amide bonds. The number of nitrogens with two attached hydrogens (primary N) is 1. The zero-order valence-electron chi connectivity index (χ0n) is 14.4. The van der Waals surface area contributed by atoms with E-state index < -0.39 is 0 Å². The highest BCUT2D eigenvalue weighted by Crippen LogP contribution is 2.32. The van der Waals surface area contributed by atoms with Crippen LogP contribution in [0.2, 0.25) is 0 Å². The first-order valence-electron chi connectivity index (χ1n) is 9.17. The van der Waals surface area contributed by atoms with Crippen LogP contribution >= 0.6 is 11.7 Å². The molecule has 0 spiro atoms. The van der Waals surface area contributed by atoms with Crippen molar-refractivity contribution in [2.75, 3.05) is 26.2 Å². The molecule has 0 radical (unpaired) electrons. The Morgan fingerprint density at radius 3 is 3.00 bits per heavy atom. The van der Waals surface area contributed by atoms with Gasteiger partial charge in [-0.2, -0.15) is 8.75 Å². The molecule has 0 unspecified atom stereocenters. The van der Waals surface area contributed by atoms with Crippen LogP contribution in [-0.2, 0) is 11.3 Å². The number of hydrogen-bond donors (Lipinski definition) is 1. The van der Waals surface area contributed by atoms with Crippen molar-refractivity contribution in [3.8, 4) is 0 Å². The second kappa shape index (κ2) is 7.35. The summed E-state index contributed by atoms with van der Waals surface area (Å²) in [5.41, 5.74) is 8.92. The number of aromatic nitrogens is 2. The Morgan fingerprint density at radius 2 is 2.12 bits per heavy atom. The van der Waals surface area contributed by atoms with E-state index in [9.17, 15) is 4.79 Å². The minimum Gasteiger partial charge on any atom is -0.339 e. The van der Waals surface area contributed by atoms with Gasteiger partial charge in [0.2, 0.25) is 5.91 Å². The lowest BCUT2D eigenvalue weighted by Gasteiger charge is -2.47. The quantitative estimate of drug-likeness (QED) is 0.882. The minimum atomic E-state index is 0.324. The third-order valence-electron chi connectivity index (χ3n) is 5.56. The van der Waals surface area contributed by atoms with E-state index in [1.807, 2.05) is 0 Å². The fourth-order valence-electron chi connectivity index (χ4n) is 4.31. The Labute approximate surface area is 152 Å². The standard InChI is InChI=1S/C18H25N5OS/c19-7-1-8-23-17-6-9-22(12-14(17)3-5-18(23)24)11-13-2-4-15-16(10-13)21-25-20-15/h2,4,10,14,17H,1,3,5-9,11-12,19H2/t14-,17+/m0/s1. The molecule has 7 heteroatoms. The van der Waals surface area contributed by atoms with Gasteiger partial charge in [-0.25, -0.2) is 0 Å². The Bertz CT molecular complexity index is 748. The average molecular weight is 359 g/mol. The lowest BCUT2D eigenvalue weighted by molar-refractivity contribution is -0.141. The van der Waals surface area contributed by atoms with Crippen LogP contribution in [0, 0.1) is 5.92 Å². The van der Waals surface area contributed by atoms with E-state index in [1.165, 1.54) is 17.3 Å². The lowest BCUT2D eigenvalue weighted by Crippen LogP contribution is -2.56. The Morgan fingerprint density at radius 1 is 1.24 bits per heavy atom. The van der Waals surface area contributed by atoms with Crippen molar-refractivity contribution in [2.24, 2.45) is 11.7 Å². The van der Waals surface area contributed by atoms with Crippen molar-refractivity contribution in [3.63, 3.8) is 0 Å². The van der Waals surface area contributed by atoms with E-state index in [0.717, 1.165) is 56.5 Å². The SMILES string of the molecule is NCCCN1C(=O)CC[C@H]2CN(Cc3ccc4nsnc4c3)CC[C@H]21. The van der Waals surface area contributed by atoms with Gasteiger partial charge in [0.05, 0.1) is 11.7 Å². The first kappa shape index (κ1) is 16.9. The number of rotatable bonds is 5. The number of likely N-dealkylation sites (tertiary alicyclic amines) is 2.